The van der Waals surface area contributed by atoms with Crippen LogP contribution >= 0.6 is 23.4 Å². The quantitative estimate of drug-likeness (QED) is 0.777. The molecule has 9 heteroatoms. The van der Waals surface area contributed by atoms with Crippen LogP contribution in [0.4, 0.5) is 0 Å². The molecule has 1 aromatic carbocycles. The van der Waals surface area contributed by atoms with E-state index >= 15 is 0 Å². The van der Waals surface area contributed by atoms with E-state index < -0.39 is 5.97 Å². The second-order valence-electron chi connectivity index (χ2n) is 3.89. The molecule has 0 atom stereocenters. The molecule has 0 unspecified atom stereocenters. The molecule has 0 amide bonds. The molecule has 2 aromatic rings. The highest BCUT2D eigenvalue weighted by Crippen LogP contribution is 2.30. The number of ether oxygens (including phenoxy) is 1. The minimum atomic E-state index is -0.975. The molecule has 0 spiro atoms. The van der Waals surface area contributed by atoms with Gasteiger partial charge in [0.1, 0.15) is 12.4 Å². The van der Waals surface area contributed by atoms with Crippen LogP contribution in [-0.2, 0) is 11.4 Å². The number of hydrogen-bond donors (Lipinski definition) is 2. The number of rotatable bonds is 6. The number of methoxy groups -OCH3 is 1. The van der Waals surface area contributed by atoms with Gasteiger partial charge in [-0.25, -0.2) is 0 Å². The Hall–Kier alpha value is -1.77. The SMILES string of the molecule is COc1ccc(Cl)c(-n2c(CO)nnc2SCC(=O)O)c1. The number of aliphatic hydroxyl groups is 1. The first-order valence-corrected chi connectivity index (χ1v) is 7.16. The fourth-order valence-electron chi connectivity index (χ4n) is 1.66. The summed E-state index contributed by atoms with van der Waals surface area (Å²) in [5.74, 6) is -0.318. The summed E-state index contributed by atoms with van der Waals surface area (Å²) < 4.78 is 6.66. The van der Waals surface area contributed by atoms with Gasteiger partial charge in [-0.2, -0.15) is 0 Å². The number of hydrogen-bond acceptors (Lipinski definition) is 6. The van der Waals surface area contributed by atoms with Gasteiger partial charge < -0.3 is 14.9 Å². The molecular formula is C12H12ClN3O4S. The average Bonchev–Trinajstić information content (AvgIpc) is 2.88. The third kappa shape index (κ3) is 3.46. The number of nitrogens with zero attached hydrogens (tertiary/aromatic N) is 3. The van der Waals surface area contributed by atoms with Gasteiger partial charge in [-0.15, -0.1) is 10.2 Å². The Morgan fingerprint density at radius 2 is 2.24 bits per heavy atom. The molecule has 7 nitrogen and oxygen atoms in total. The van der Waals surface area contributed by atoms with Crippen molar-refractivity contribution in [1.29, 1.82) is 0 Å². The Morgan fingerprint density at radius 1 is 1.48 bits per heavy atom. The van der Waals surface area contributed by atoms with Gasteiger partial charge in [-0.05, 0) is 12.1 Å². The molecular weight excluding hydrogens is 318 g/mol. The van der Waals surface area contributed by atoms with Crippen LogP contribution in [0.15, 0.2) is 23.4 Å². The fraction of sp³-hybridized carbons (Fsp3) is 0.250. The lowest BCUT2D eigenvalue weighted by Gasteiger charge is -2.12. The predicted octanol–water partition coefficient (Wildman–Crippen LogP) is 1.60. The molecule has 2 N–H and O–H groups in total. The third-order valence-corrected chi connectivity index (χ3v) is 3.79. The molecule has 1 aromatic heterocycles. The number of aromatic nitrogens is 3. The summed E-state index contributed by atoms with van der Waals surface area (Å²) in [5.41, 5.74) is 0.512. The second kappa shape index (κ2) is 6.79. The topological polar surface area (TPSA) is 97.5 Å². The summed E-state index contributed by atoms with van der Waals surface area (Å²) in [4.78, 5) is 10.7. The second-order valence-corrected chi connectivity index (χ2v) is 5.24. The van der Waals surface area contributed by atoms with Crippen LogP contribution in [0, 0.1) is 0 Å². The Morgan fingerprint density at radius 3 is 2.86 bits per heavy atom. The largest absolute Gasteiger partial charge is 0.497 e. The van der Waals surface area contributed by atoms with E-state index in [9.17, 15) is 9.90 Å². The van der Waals surface area contributed by atoms with Gasteiger partial charge in [0.15, 0.2) is 11.0 Å². The Bertz CT molecular complexity index is 662. The van der Waals surface area contributed by atoms with Crippen molar-refractivity contribution in [3.05, 3.63) is 29.0 Å². The maximum Gasteiger partial charge on any atom is 0.313 e. The number of carbonyl (C=O) groups is 1. The standard InChI is InChI=1S/C12H12ClN3O4S/c1-20-7-2-3-8(13)9(4-7)16-10(5-17)14-15-12(16)21-6-11(18)19/h2-4,17H,5-6H2,1H3,(H,18,19). The van der Waals surface area contributed by atoms with E-state index in [1.165, 1.54) is 11.7 Å². The highest BCUT2D eigenvalue weighted by Gasteiger charge is 2.17. The first-order chi connectivity index (χ1) is 10.1. The maximum atomic E-state index is 10.7. The van der Waals surface area contributed by atoms with Crippen molar-refractivity contribution in [1.82, 2.24) is 14.8 Å². The van der Waals surface area contributed by atoms with Gasteiger partial charge in [-0.3, -0.25) is 9.36 Å². The Kier molecular flexibility index (Phi) is 5.05. The molecule has 0 saturated carbocycles. The molecule has 0 aliphatic heterocycles. The van der Waals surface area contributed by atoms with Crippen LogP contribution in [0.2, 0.25) is 5.02 Å². The van der Waals surface area contributed by atoms with E-state index in [0.29, 0.717) is 21.6 Å². The summed E-state index contributed by atoms with van der Waals surface area (Å²) in [6.45, 7) is -0.353. The number of aliphatic hydroxyl groups excluding tert-OH is 1. The average molecular weight is 330 g/mol. The molecule has 1 heterocycles. The number of aliphatic carboxylic acids is 1. The minimum absolute atomic E-state index is 0.175. The lowest BCUT2D eigenvalue weighted by atomic mass is 10.3. The summed E-state index contributed by atoms with van der Waals surface area (Å²) in [6.07, 6.45) is 0. The van der Waals surface area contributed by atoms with Crippen LogP contribution in [-0.4, -0.2) is 43.8 Å². The number of carboxylic acid groups (broad SMARTS) is 1. The third-order valence-electron chi connectivity index (χ3n) is 2.56. The summed E-state index contributed by atoms with van der Waals surface area (Å²) in [7, 11) is 1.52. The highest BCUT2D eigenvalue weighted by molar-refractivity contribution is 7.99. The molecule has 2 rings (SSSR count). The molecule has 0 saturated heterocycles. The lowest BCUT2D eigenvalue weighted by Crippen LogP contribution is -2.05. The van der Waals surface area contributed by atoms with Crippen LogP contribution in [0.1, 0.15) is 5.82 Å². The normalized spacial score (nSPS) is 10.6. The van der Waals surface area contributed by atoms with Crippen molar-refractivity contribution >= 4 is 29.3 Å². The van der Waals surface area contributed by atoms with Crippen LogP contribution in [0.3, 0.4) is 0 Å². The molecule has 0 aliphatic rings. The van der Waals surface area contributed by atoms with Crippen molar-refractivity contribution in [2.75, 3.05) is 12.9 Å². The van der Waals surface area contributed by atoms with E-state index in [1.54, 1.807) is 18.2 Å². The monoisotopic (exact) mass is 329 g/mol. The first-order valence-electron chi connectivity index (χ1n) is 5.80. The van der Waals surface area contributed by atoms with Crippen molar-refractivity contribution in [3.63, 3.8) is 0 Å². The van der Waals surface area contributed by atoms with Gasteiger partial charge in [0, 0.05) is 6.07 Å². The van der Waals surface area contributed by atoms with E-state index in [1.807, 2.05) is 0 Å². The molecule has 112 valence electrons. The van der Waals surface area contributed by atoms with Gasteiger partial charge >= 0.3 is 5.97 Å². The first kappa shape index (κ1) is 15.6. The van der Waals surface area contributed by atoms with Crippen molar-refractivity contribution in [2.45, 2.75) is 11.8 Å². The number of halogens is 1. The zero-order chi connectivity index (χ0) is 15.4. The predicted molar refractivity (Wildman–Crippen MR) is 77.2 cm³/mol. The van der Waals surface area contributed by atoms with E-state index in [-0.39, 0.29) is 18.2 Å². The zero-order valence-electron chi connectivity index (χ0n) is 11.0. The Labute approximate surface area is 129 Å². The lowest BCUT2D eigenvalue weighted by molar-refractivity contribution is -0.133. The van der Waals surface area contributed by atoms with Crippen LogP contribution < -0.4 is 4.74 Å². The summed E-state index contributed by atoms with van der Waals surface area (Å²) in [5, 5.41) is 26.6. The summed E-state index contributed by atoms with van der Waals surface area (Å²) in [6, 6.07) is 5.00. The number of carboxylic acids is 1. The molecule has 0 aliphatic carbocycles. The fourth-order valence-corrected chi connectivity index (χ4v) is 2.54. The number of thioether (sulfide) groups is 1. The van der Waals surface area contributed by atoms with Gasteiger partial charge in [-0.1, -0.05) is 23.4 Å². The maximum absolute atomic E-state index is 10.7. The summed E-state index contributed by atoms with van der Waals surface area (Å²) >= 11 is 7.16. The molecule has 0 bridgehead atoms. The van der Waals surface area contributed by atoms with Crippen molar-refractivity contribution < 1.29 is 19.7 Å². The van der Waals surface area contributed by atoms with Crippen molar-refractivity contribution in [2.24, 2.45) is 0 Å². The van der Waals surface area contributed by atoms with Gasteiger partial charge in [0.25, 0.3) is 0 Å². The van der Waals surface area contributed by atoms with E-state index in [2.05, 4.69) is 10.2 Å². The van der Waals surface area contributed by atoms with Gasteiger partial charge in [0.05, 0.1) is 23.6 Å². The van der Waals surface area contributed by atoms with E-state index in [0.717, 1.165) is 11.8 Å². The zero-order valence-corrected chi connectivity index (χ0v) is 12.6. The van der Waals surface area contributed by atoms with Crippen LogP contribution in [0.5, 0.6) is 5.75 Å². The minimum Gasteiger partial charge on any atom is -0.497 e. The van der Waals surface area contributed by atoms with Crippen LogP contribution in [0.25, 0.3) is 5.69 Å². The molecule has 21 heavy (non-hydrogen) atoms. The molecule has 0 fully saturated rings. The smallest absolute Gasteiger partial charge is 0.313 e. The Balaban J connectivity index is 2.50. The van der Waals surface area contributed by atoms with E-state index in [4.69, 9.17) is 21.4 Å². The number of benzene rings is 1. The van der Waals surface area contributed by atoms with Gasteiger partial charge in [0.2, 0.25) is 0 Å². The highest BCUT2D eigenvalue weighted by atomic mass is 35.5. The van der Waals surface area contributed by atoms with Crippen molar-refractivity contribution in [3.8, 4) is 11.4 Å². The molecule has 0 radical (unpaired) electrons.